The molecule has 1 rings (SSSR count). The summed E-state index contributed by atoms with van der Waals surface area (Å²) in [6, 6.07) is 4.20. The van der Waals surface area contributed by atoms with Gasteiger partial charge < -0.3 is 10.4 Å². The van der Waals surface area contributed by atoms with Crippen LogP contribution in [0.3, 0.4) is 0 Å². The van der Waals surface area contributed by atoms with Crippen molar-refractivity contribution in [3.05, 3.63) is 66.3 Å². The fourth-order valence-electron chi connectivity index (χ4n) is 1.96. The fourth-order valence-corrected chi connectivity index (χ4v) is 2.69. The standard InChI is InChI=1S/C14H20N2O4S.C7H10/c1-5-21(20)16(4)12-7-10(13(17)15-9(2)3)6-11(8-12)14(18)19;1-3-5-7-6-4-2/h6-9H,5H2,1-4H3,(H,15,17)(H,18,19);3-7H,1H2,2H3/b;6-4-,7-5-. The van der Waals surface area contributed by atoms with Crippen molar-refractivity contribution in [2.45, 2.75) is 33.7 Å². The zero-order chi connectivity index (χ0) is 21.7. The Kier molecular flexibility index (Phi) is 12.2. The second-order valence-electron chi connectivity index (χ2n) is 5.96. The second-order valence-corrected chi connectivity index (χ2v) is 7.72. The number of nitrogens with zero attached hydrogens (tertiary/aromatic N) is 1. The molecule has 1 aromatic rings. The number of anilines is 1. The third kappa shape index (κ3) is 9.32. The van der Waals surface area contributed by atoms with Crippen LogP contribution in [0.4, 0.5) is 5.69 Å². The molecule has 1 amide bonds. The fraction of sp³-hybridized carbons (Fsp3) is 0.333. The predicted molar refractivity (Wildman–Crippen MR) is 117 cm³/mol. The number of carboxylic acid groups (broad SMARTS) is 1. The zero-order valence-corrected chi connectivity index (χ0v) is 18.0. The molecule has 0 aromatic heterocycles. The van der Waals surface area contributed by atoms with Crippen molar-refractivity contribution in [2.75, 3.05) is 17.1 Å². The SMILES string of the molecule is C=C/C=C\C=C/C.CCS(=O)N(C)c1cc(C(=O)O)cc(C(=O)NC(C)C)c1. The van der Waals surface area contributed by atoms with E-state index in [1.807, 2.05) is 45.1 Å². The number of allylic oxidation sites excluding steroid dienone is 5. The zero-order valence-electron chi connectivity index (χ0n) is 17.1. The van der Waals surface area contributed by atoms with E-state index in [9.17, 15) is 13.8 Å². The van der Waals surface area contributed by atoms with Crippen LogP contribution in [0, 0.1) is 0 Å². The molecule has 0 spiro atoms. The minimum absolute atomic E-state index is 0.0126. The lowest BCUT2D eigenvalue weighted by atomic mass is 10.1. The number of hydrogen-bond donors (Lipinski definition) is 2. The first kappa shape index (κ1) is 25.3. The molecule has 0 aliphatic rings. The van der Waals surface area contributed by atoms with E-state index in [1.54, 1.807) is 20.0 Å². The summed E-state index contributed by atoms with van der Waals surface area (Å²) in [4.78, 5) is 23.2. The van der Waals surface area contributed by atoms with Gasteiger partial charge in [0.15, 0.2) is 0 Å². The molecule has 0 heterocycles. The molecule has 1 unspecified atom stereocenters. The van der Waals surface area contributed by atoms with E-state index >= 15 is 0 Å². The molecule has 0 bridgehead atoms. The number of nitrogens with one attached hydrogen (secondary N) is 1. The van der Waals surface area contributed by atoms with E-state index in [2.05, 4.69) is 11.9 Å². The Balaban J connectivity index is 0.000000887. The number of benzene rings is 1. The van der Waals surface area contributed by atoms with Crippen molar-refractivity contribution in [2.24, 2.45) is 0 Å². The number of carboxylic acids is 1. The summed E-state index contributed by atoms with van der Waals surface area (Å²) in [6.45, 7) is 10.9. The molecule has 2 N–H and O–H groups in total. The van der Waals surface area contributed by atoms with Gasteiger partial charge in [-0.25, -0.2) is 9.00 Å². The Morgan fingerprint density at radius 1 is 1.21 bits per heavy atom. The lowest BCUT2D eigenvalue weighted by Gasteiger charge is -2.19. The first-order chi connectivity index (χ1) is 13.2. The highest BCUT2D eigenvalue weighted by Gasteiger charge is 2.16. The Morgan fingerprint density at radius 2 is 1.82 bits per heavy atom. The smallest absolute Gasteiger partial charge is 0.335 e. The summed E-state index contributed by atoms with van der Waals surface area (Å²) >= 11 is 0. The average molecular weight is 407 g/mol. The van der Waals surface area contributed by atoms with Gasteiger partial charge in [0, 0.05) is 24.4 Å². The van der Waals surface area contributed by atoms with Gasteiger partial charge >= 0.3 is 5.97 Å². The van der Waals surface area contributed by atoms with Crippen LogP contribution in [-0.4, -0.2) is 40.0 Å². The number of amides is 1. The van der Waals surface area contributed by atoms with Crippen LogP contribution in [0.5, 0.6) is 0 Å². The van der Waals surface area contributed by atoms with Crippen LogP contribution in [0.15, 0.2) is 55.2 Å². The molecule has 6 nitrogen and oxygen atoms in total. The Labute approximate surface area is 170 Å². The van der Waals surface area contributed by atoms with Crippen LogP contribution in [0.25, 0.3) is 0 Å². The third-order valence-electron chi connectivity index (χ3n) is 3.31. The Bertz CT molecular complexity index is 755. The molecule has 0 radical (unpaired) electrons. The van der Waals surface area contributed by atoms with Gasteiger partial charge in [0.1, 0.15) is 11.0 Å². The highest BCUT2D eigenvalue weighted by atomic mass is 32.2. The van der Waals surface area contributed by atoms with Crippen molar-refractivity contribution in [3.63, 3.8) is 0 Å². The van der Waals surface area contributed by atoms with Gasteiger partial charge in [0.25, 0.3) is 5.91 Å². The molecule has 7 heteroatoms. The summed E-state index contributed by atoms with van der Waals surface area (Å²) in [7, 11) is 0.334. The molecule has 0 aliphatic carbocycles. The third-order valence-corrected chi connectivity index (χ3v) is 4.63. The molecule has 1 atom stereocenters. The van der Waals surface area contributed by atoms with Crippen LogP contribution < -0.4 is 9.62 Å². The van der Waals surface area contributed by atoms with Crippen LogP contribution in [0.2, 0.25) is 0 Å². The van der Waals surface area contributed by atoms with Gasteiger partial charge in [-0.1, -0.05) is 43.9 Å². The van der Waals surface area contributed by atoms with Crippen molar-refractivity contribution in [3.8, 4) is 0 Å². The number of carbonyl (C=O) groups excluding carboxylic acids is 1. The van der Waals surface area contributed by atoms with E-state index in [0.717, 1.165) is 0 Å². The van der Waals surface area contributed by atoms with E-state index in [1.165, 1.54) is 22.5 Å². The van der Waals surface area contributed by atoms with Gasteiger partial charge in [0.2, 0.25) is 0 Å². The molecule has 28 heavy (non-hydrogen) atoms. The summed E-state index contributed by atoms with van der Waals surface area (Å²) < 4.78 is 13.3. The second kappa shape index (κ2) is 13.5. The summed E-state index contributed by atoms with van der Waals surface area (Å²) in [6.07, 6.45) is 9.51. The maximum atomic E-state index is 12.0. The lowest BCUT2D eigenvalue weighted by molar-refractivity contribution is 0.0697. The van der Waals surface area contributed by atoms with Crippen LogP contribution >= 0.6 is 0 Å². The maximum Gasteiger partial charge on any atom is 0.335 e. The number of carbonyl (C=O) groups is 2. The minimum atomic E-state index is -1.27. The molecular weight excluding hydrogens is 376 g/mol. The highest BCUT2D eigenvalue weighted by molar-refractivity contribution is 7.86. The van der Waals surface area contributed by atoms with Crippen LogP contribution in [-0.2, 0) is 11.0 Å². The molecule has 0 saturated heterocycles. The first-order valence-electron chi connectivity index (χ1n) is 8.89. The monoisotopic (exact) mass is 406 g/mol. The van der Waals surface area contributed by atoms with E-state index in [0.29, 0.717) is 11.4 Å². The van der Waals surface area contributed by atoms with Gasteiger partial charge in [-0.3, -0.25) is 9.10 Å². The van der Waals surface area contributed by atoms with Crippen molar-refractivity contribution < 1.29 is 18.9 Å². The molecule has 0 fully saturated rings. The number of aromatic carboxylic acids is 1. The molecule has 0 saturated carbocycles. The lowest BCUT2D eigenvalue weighted by Crippen LogP contribution is -2.30. The van der Waals surface area contributed by atoms with E-state index < -0.39 is 17.0 Å². The van der Waals surface area contributed by atoms with Gasteiger partial charge in [-0.15, -0.1) is 0 Å². The summed E-state index contributed by atoms with van der Waals surface area (Å²) in [5.74, 6) is -1.09. The van der Waals surface area contributed by atoms with Crippen molar-refractivity contribution in [1.29, 1.82) is 0 Å². The molecule has 1 aromatic carbocycles. The van der Waals surface area contributed by atoms with Gasteiger partial charge in [-0.05, 0) is 39.0 Å². The molecule has 0 aliphatic heterocycles. The van der Waals surface area contributed by atoms with Crippen molar-refractivity contribution >= 4 is 28.5 Å². The van der Waals surface area contributed by atoms with E-state index in [4.69, 9.17) is 5.11 Å². The van der Waals surface area contributed by atoms with Gasteiger partial charge in [0.05, 0.1) is 11.3 Å². The topological polar surface area (TPSA) is 86.7 Å². The number of hydrogen-bond acceptors (Lipinski definition) is 3. The Morgan fingerprint density at radius 3 is 2.29 bits per heavy atom. The summed E-state index contributed by atoms with van der Waals surface area (Å²) in [5.41, 5.74) is 0.656. The average Bonchev–Trinajstić information content (AvgIpc) is 2.66. The Hall–Kier alpha value is -2.67. The normalized spacial score (nSPS) is 11.8. The molecule has 154 valence electrons. The largest absolute Gasteiger partial charge is 0.478 e. The first-order valence-corrected chi connectivity index (χ1v) is 10.2. The quantitative estimate of drug-likeness (QED) is 0.640. The predicted octanol–water partition coefficient (Wildman–Crippen LogP) is 3.95. The van der Waals surface area contributed by atoms with Crippen molar-refractivity contribution in [1.82, 2.24) is 5.32 Å². The van der Waals surface area contributed by atoms with Gasteiger partial charge in [-0.2, -0.15) is 0 Å². The minimum Gasteiger partial charge on any atom is -0.478 e. The maximum absolute atomic E-state index is 12.0. The number of rotatable bonds is 8. The highest BCUT2D eigenvalue weighted by Crippen LogP contribution is 2.20. The van der Waals surface area contributed by atoms with Crippen LogP contribution in [0.1, 0.15) is 48.4 Å². The summed E-state index contributed by atoms with van der Waals surface area (Å²) in [5, 5.41) is 11.9. The molecular formula is C21H30N2O4S. The van der Waals surface area contributed by atoms with E-state index in [-0.39, 0.29) is 23.1 Å².